The molecule has 0 saturated carbocycles. The highest BCUT2D eigenvalue weighted by atomic mass is 32.2. The molecule has 2 aromatic carbocycles. The average molecular weight is 469 g/mol. The zero-order valence-electron chi connectivity index (χ0n) is 18.0. The van der Waals surface area contributed by atoms with Crippen LogP contribution in [-0.2, 0) is 14.8 Å². The summed E-state index contributed by atoms with van der Waals surface area (Å²) in [6.45, 7) is 5.80. The lowest BCUT2D eigenvalue weighted by molar-refractivity contribution is -0.0440. The number of benzene rings is 2. The van der Waals surface area contributed by atoms with Crippen molar-refractivity contribution < 1.29 is 31.5 Å². The summed E-state index contributed by atoms with van der Waals surface area (Å²) in [5, 5.41) is 2.69. The van der Waals surface area contributed by atoms with Crippen molar-refractivity contribution in [2.75, 3.05) is 19.7 Å². The standard InChI is InChI=1S/C22H26F2N2O5S/c1-14(13-30-21-9-6-18(23)10-20(21)24)25-22(27)17-4-7-19(8-5-17)32(28,29)26-11-15(2)31-16(3)12-26/h4-10,14-16H,11-13H2,1-3H3,(H,25,27). The van der Waals surface area contributed by atoms with Crippen molar-refractivity contribution in [3.8, 4) is 5.75 Å². The summed E-state index contributed by atoms with van der Waals surface area (Å²) in [5.41, 5.74) is 0.271. The summed E-state index contributed by atoms with van der Waals surface area (Å²) in [5.74, 6) is -2.09. The lowest BCUT2D eigenvalue weighted by atomic mass is 10.2. The van der Waals surface area contributed by atoms with E-state index in [1.54, 1.807) is 6.92 Å². The molecule has 7 nitrogen and oxygen atoms in total. The number of nitrogens with one attached hydrogen (secondary N) is 1. The van der Waals surface area contributed by atoms with E-state index in [1.165, 1.54) is 34.6 Å². The van der Waals surface area contributed by atoms with Crippen LogP contribution in [0.15, 0.2) is 47.4 Å². The zero-order valence-corrected chi connectivity index (χ0v) is 18.9. The van der Waals surface area contributed by atoms with Crippen LogP contribution in [0.2, 0.25) is 0 Å². The molecule has 1 aliphatic heterocycles. The molecule has 10 heteroatoms. The van der Waals surface area contributed by atoms with E-state index < -0.39 is 33.6 Å². The van der Waals surface area contributed by atoms with Crippen molar-refractivity contribution in [2.24, 2.45) is 0 Å². The first-order chi connectivity index (χ1) is 15.1. The minimum atomic E-state index is -3.70. The molecule has 0 radical (unpaired) electrons. The minimum absolute atomic E-state index is 0.0336. The summed E-state index contributed by atoms with van der Waals surface area (Å²) in [4.78, 5) is 12.6. The molecule has 3 atom stereocenters. The fraction of sp³-hybridized carbons (Fsp3) is 0.409. The maximum absolute atomic E-state index is 13.6. The number of hydrogen-bond acceptors (Lipinski definition) is 5. The quantitative estimate of drug-likeness (QED) is 0.676. The van der Waals surface area contributed by atoms with E-state index >= 15 is 0 Å². The Morgan fingerprint density at radius 1 is 1.16 bits per heavy atom. The molecule has 0 aromatic heterocycles. The van der Waals surface area contributed by atoms with E-state index in [0.29, 0.717) is 6.07 Å². The number of hydrogen-bond donors (Lipinski definition) is 1. The number of halogens is 2. The van der Waals surface area contributed by atoms with Gasteiger partial charge in [0.15, 0.2) is 11.6 Å². The number of morpholine rings is 1. The Hall–Kier alpha value is -2.56. The van der Waals surface area contributed by atoms with E-state index in [4.69, 9.17) is 9.47 Å². The second-order valence-corrected chi connectivity index (χ2v) is 9.80. The third-order valence-electron chi connectivity index (χ3n) is 4.90. The molecule has 1 amide bonds. The van der Waals surface area contributed by atoms with Gasteiger partial charge in [0.1, 0.15) is 12.4 Å². The van der Waals surface area contributed by atoms with Gasteiger partial charge in [0.25, 0.3) is 5.91 Å². The van der Waals surface area contributed by atoms with Crippen LogP contribution in [0, 0.1) is 11.6 Å². The van der Waals surface area contributed by atoms with Gasteiger partial charge in [-0.2, -0.15) is 4.31 Å². The molecule has 0 aliphatic carbocycles. The summed E-state index contributed by atoms with van der Waals surface area (Å²) in [6.07, 6.45) is -0.406. The van der Waals surface area contributed by atoms with Crippen LogP contribution in [0.4, 0.5) is 8.78 Å². The Balaban J connectivity index is 1.59. The van der Waals surface area contributed by atoms with Gasteiger partial charge in [-0.3, -0.25) is 4.79 Å². The highest BCUT2D eigenvalue weighted by Crippen LogP contribution is 2.22. The Bertz CT molecular complexity index is 1050. The first-order valence-electron chi connectivity index (χ1n) is 10.2. The van der Waals surface area contributed by atoms with Crippen LogP contribution < -0.4 is 10.1 Å². The molecule has 2 aromatic rings. The van der Waals surface area contributed by atoms with E-state index in [-0.39, 0.29) is 48.1 Å². The normalized spacial score (nSPS) is 20.5. The largest absolute Gasteiger partial charge is 0.488 e. The lowest BCUT2D eigenvalue weighted by Gasteiger charge is -2.34. The molecule has 1 aliphatic rings. The summed E-state index contributed by atoms with van der Waals surface area (Å²) in [7, 11) is -3.70. The highest BCUT2D eigenvalue weighted by Gasteiger charge is 2.32. The van der Waals surface area contributed by atoms with Crippen LogP contribution >= 0.6 is 0 Å². The Kier molecular flexibility index (Phi) is 7.47. The SMILES string of the molecule is CC(COc1ccc(F)cc1F)NC(=O)c1ccc(S(=O)(=O)N2CC(C)OC(C)C2)cc1. The smallest absolute Gasteiger partial charge is 0.251 e. The average Bonchev–Trinajstić information content (AvgIpc) is 2.72. The van der Waals surface area contributed by atoms with E-state index in [1.807, 2.05) is 13.8 Å². The van der Waals surface area contributed by atoms with Crippen LogP contribution in [0.5, 0.6) is 5.75 Å². The minimum Gasteiger partial charge on any atom is -0.488 e. The van der Waals surface area contributed by atoms with Crippen molar-refractivity contribution in [1.29, 1.82) is 0 Å². The predicted octanol–water partition coefficient (Wildman–Crippen LogP) is 2.96. The molecule has 1 heterocycles. The van der Waals surface area contributed by atoms with Crippen LogP contribution in [0.1, 0.15) is 31.1 Å². The van der Waals surface area contributed by atoms with Gasteiger partial charge in [-0.25, -0.2) is 17.2 Å². The fourth-order valence-corrected chi connectivity index (χ4v) is 5.00. The number of rotatable bonds is 7. The number of amides is 1. The second kappa shape index (κ2) is 9.93. The van der Waals surface area contributed by atoms with Crippen LogP contribution in [0.25, 0.3) is 0 Å². The predicted molar refractivity (Wildman–Crippen MR) is 114 cm³/mol. The van der Waals surface area contributed by atoms with E-state index in [9.17, 15) is 22.0 Å². The van der Waals surface area contributed by atoms with Crippen molar-refractivity contribution in [2.45, 2.75) is 43.9 Å². The third-order valence-corrected chi connectivity index (χ3v) is 6.75. The molecule has 0 spiro atoms. The Morgan fingerprint density at radius 2 is 1.78 bits per heavy atom. The number of ether oxygens (including phenoxy) is 2. The number of sulfonamides is 1. The zero-order chi connectivity index (χ0) is 23.5. The Morgan fingerprint density at radius 3 is 2.38 bits per heavy atom. The number of carbonyl (C=O) groups excluding carboxylic acids is 1. The third kappa shape index (κ3) is 5.81. The van der Waals surface area contributed by atoms with Gasteiger partial charge < -0.3 is 14.8 Å². The molecule has 3 unspecified atom stereocenters. The van der Waals surface area contributed by atoms with Gasteiger partial charge >= 0.3 is 0 Å². The van der Waals surface area contributed by atoms with Crippen LogP contribution in [0.3, 0.4) is 0 Å². The van der Waals surface area contributed by atoms with E-state index in [0.717, 1.165) is 6.07 Å². The first kappa shape index (κ1) is 24.1. The van der Waals surface area contributed by atoms with Gasteiger partial charge in [0.05, 0.1) is 23.1 Å². The van der Waals surface area contributed by atoms with Crippen molar-refractivity contribution in [3.63, 3.8) is 0 Å². The van der Waals surface area contributed by atoms with Gasteiger partial charge in [-0.1, -0.05) is 0 Å². The van der Waals surface area contributed by atoms with Crippen LogP contribution in [-0.4, -0.2) is 56.6 Å². The van der Waals surface area contributed by atoms with Gasteiger partial charge in [-0.05, 0) is 57.2 Å². The van der Waals surface area contributed by atoms with Gasteiger partial charge in [-0.15, -0.1) is 0 Å². The second-order valence-electron chi connectivity index (χ2n) is 7.86. The van der Waals surface area contributed by atoms with Gasteiger partial charge in [0.2, 0.25) is 10.0 Å². The fourth-order valence-electron chi connectivity index (χ4n) is 3.41. The summed E-state index contributed by atoms with van der Waals surface area (Å²) < 4.78 is 64.6. The molecule has 1 N–H and O–H groups in total. The summed E-state index contributed by atoms with van der Waals surface area (Å²) in [6, 6.07) is 8.14. The number of carbonyl (C=O) groups is 1. The molecule has 1 saturated heterocycles. The van der Waals surface area contributed by atoms with Gasteiger partial charge in [0, 0.05) is 24.7 Å². The topological polar surface area (TPSA) is 84.9 Å². The summed E-state index contributed by atoms with van der Waals surface area (Å²) >= 11 is 0. The van der Waals surface area contributed by atoms with Crippen molar-refractivity contribution >= 4 is 15.9 Å². The molecular formula is C22H26F2N2O5S. The molecular weight excluding hydrogens is 442 g/mol. The molecule has 174 valence electrons. The molecule has 0 bridgehead atoms. The monoisotopic (exact) mass is 468 g/mol. The molecule has 3 rings (SSSR count). The first-order valence-corrected chi connectivity index (χ1v) is 11.6. The Labute approximate surface area is 186 Å². The maximum Gasteiger partial charge on any atom is 0.251 e. The number of nitrogens with zero attached hydrogens (tertiary/aromatic N) is 1. The van der Waals surface area contributed by atoms with Crippen molar-refractivity contribution in [1.82, 2.24) is 9.62 Å². The highest BCUT2D eigenvalue weighted by molar-refractivity contribution is 7.89. The molecule has 1 fully saturated rings. The molecule has 32 heavy (non-hydrogen) atoms. The maximum atomic E-state index is 13.6. The van der Waals surface area contributed by atoms with Crippen molar-refractivity contribution in [3.05, 3.63) is 59.7 Å². The lowest BCUT2D eigenvalue weighted by Crippen LogP contribution is -2.48. The van der Waals surface area contributed by atoms with E-state index in [2.05, 4.69) is 5.32 Å².